The van der Waals surface area contributed by atoms with Crippen molar-refractivity contribution in [2.45, 2.75) is 43.6 Å². The van der Waals surface area contributed by atoms with Crippen LogP contribution in [0, 0.1) is 18.6 Å². The van der Waals surface area contributed by atoms with Gasteiger partial charge in [-0.2, -0.15) is 23.4 Å². The molecule has 0 radical (unpaired) electrons. The van der Waals surface area contributed by atoms with Crippen LogP contribution in [0.4, 0.5) is 22.0 Å². The zero-order valence-electron chi connectivity index (χ0n) is 21.1. The second-order valence-electron chi connectivity index (χ2n) is 9.39. The maximum absolute atomic E-state index is 14.6. The van der Waals surface area contributed by atoms with Gasteiger partial charge in [-0.1, -0.05) is 39.1 Å². The Bertz CT molecular complexity index is 1650. The maximum Gasteiger partial charge on any atom is 0.419 e. The number of aromatic nitrogens is 5. The highest BCUT2D eigenvalue weighted by molar-refractivity contribution is 9.10. The second-order valence-corrected chi connectivity index (χ2v) is 11.1. The van der Waals surface area contributed by atoms with Gasteiger partial charge in [-0.05, 0) is 31.2 Å². The summed E-state index contributed by atoms with van der Waals surface area (Å²) in [5.41, 5.74) is -1.81. The van der Waals surface area contributed by atoms with E-state index in [2.05, 4.69) is 31.1 Å². The Hall–Kier alpha value is -2.66. The van der Waals surface area contributed by atoms with Gasteiger partial charge < -0.3 is 20.1 Å². The first kappa shape index (κ1) is 30.8. The van der Waals surface area contributed by atoms with Crippen LogP contribution < -0.4 is 0 Å². The van der Waals surface area contributed by atoms with Crippen molar-refractivity contribution in [1.82, 2.24) is 24.5 Å². The number of alkyl halides is 3. The molecule has 5 atom stereocenters. The van der Waals surface area contributed by atoms with E-state index in [1.165, 1.54) is 19.2 Å². The lowest BCUT2D eigenvalue weighted by Gasteiger charge is -2.42. The fourth-order valence-corrected chi connectivity index (χ4v) is 5.98. The molecule has 42 heavy (non-hydrogen) atoms. The summed E-state index contributed by atoms with van der Waals surface area (Å²) in [5, 5.41) is 40.0. The van der Waals surface area contributed by atoms with E-state index in [-0.39, 0.29) is 32.3 Å². The first-order valence-corrected chi connectivity index (χ1v) is 13.6. The molecule has 9 nitrogen and oxygen atoms in total. The topological polar surface area (TPSA) is 118 Å². The third-order valence-electron chi connectivity index (χ3n) is 6.68. The van der Waals surface area contributed by atoms with Gasteiger partial charge in [0, 0.05) is 26.8 Å². The number of rotatable bonds is 5. The Morgan fingerprint density at radius 2 is 1.81 bits per heavy atom. The highest BCUT2D eigenvalue weighted by atomic mass is 79.9. The minimum Gasteiger partial charge on any atom is -0.394 e. The van der Waals surface area contributed by atoms with Gasteiger partial charge in [0.1, 0.15) is 36.3 Å². The summed E-state index contributed by atoms with van der Waals surface area (Å²) in [6.45, 7) is 0.632. The largest absolute Gasteiger partial charge is 0.419 e. The Morgan fingerprint density at radius 1 is 1.10 bits per heavy atom. The van der Waals surface area contributed by atoms with E-state index in [9.17, 15) is 37.3 Å². The van der Waals surface area contributed by atoms with Crippen LogP contribution >= 0.6 is 39.1 Å². The van der Waals surface area contributed by atoms with Crippen LogP contribution in [0.5, 0.6) is 0 Å². The normalized spacial score (nSPS) is 23.0. The van der Waals surface area contributed by atoms with Crippen molar-refractivity contribution in [2.75, 3.05) is 6.61 Å². The monoisotopic (exact) mass is 697 g/mol. The highest BCUT2D eigenvalue weighted by Gasteiger charge is 2.49. The summed E-state index contributed by atoms with van der Waals surface area (Å²) in [6.07, 6.45) is -8.80. The number of aliphatic hydroxyl groups excluding tert-OH is 3. The zero-order valence-corrected chi connectivity index (χ0v) is 24.2. The van der Waals surface area contributed by atoms with Crippen LogP contribution in [0.1, 0.15) is 29.4 Å². The van der Waals surface area contributed by atoms with Gasteiger partial charge >= 0.3 is 6.18 Å². The lowest BCUT2D eigenvalue weighted by molar-refractivity contribution is -0.210. The third kappa shape index (κ3) is 5.42. The predicted molar refractivity (Wildman–Crippen MR) is 142 cm³/mol. The van der Waals surface area contributed by atoms with E-state index in [1.807, 2.05) is 0 Å². The first-order valence-electron chi connectivity index (χ1n) is 12.0. The molecule has 4 aromatic rings. The lowest BCUT2D eigenvalue weighted by Crippen LogP contribution is -2.53. The van der Waals surface area contributed by atoms with Crippen molar-refractivity contribution < 1.29 is 42.0 Å². The summed E-state index contributed by atoms with van der Waals surface area (Å²) < 4.78 is 78.2. The molecule has 1 fully saturated rings. The van der Waals surface area contributed by atoms with Gasteiger partial charge in [0.05, 0.1) is 29.1 Å². The van der Waals surface area contributed by atoms with Gasteiger partial charge in [-0.15, -0.1) is 0 Å². The fourth-order valence-electron chi connectivity index (χ4n) is 4.82. The van der Waals surface area contributed by atoms with E-state index >= 15 is 0 Å². The van der Waals surface area contributed by atoms with E-state index in [0.29, 0.717) is 0 Å². The van der Waals surface area contributed by atoms with E-state index in [1.54, 1.807) is 0 Å². The van der Waals surface area contributed by atoms with Crippen molar-refractivity contribution in [2.24, 2.45) is 0 Å². The molecule has 1 saturated heterocycles. The molecule has 17 heteroatoms. The number of ether oxygens (including phenoxy) is 1. The second kappa shape index (κ2) is 11.4. The number of benzene rings is 2. The SMILES string of the molecule is Cc1nc([C@@H]2O[C@H](CO)[C@H](O)[C@H](n3cc(-c4ccc(Cl)c(F)c4F)cn3)[C@H]2O)n(-c2cc(Cl)cc(Br)c2C(F)(F)F)n1. The van der Waals surface area contributed by atoms with Crippen LogP contribution in [0.2, 0.25) is 10.0 Å². The van der Waals surface area contributed by atoms with Crippen LogP contribution in [0.15, 0.2) is 41.1 Å². The number of hydrogen-bond donors (Lipinski definition) is 3. The molecule has 1 aliphatic rings. The van der Waals surface area contributed by atoms with Gasteiger partial charge in [0.2, 0.25) is 0 Å². The minimum atomic E-state index is -4.86. The van der Waals surface area contributed by atoms with E-state index in [0.717, 1.165) is 33.8 Å². The molecular weight excluding hydrogens is 680 g/mol. The molecule has 2 aromatic carbocycles. The van der Waals surface area contributed by atoms with Crippen LogP contribution in [0.25, 0.3) is 16.8 Å². The van der Waals surface area contributed by atoms with Gasteiger partial charge in [-0.25, -0.2) is 18.4 Å². The number of nitrogens with zero attached hydrogens (tertiary/aromatic N) is 5. The minimum absolute atomic E-state index is 0.00913. The van der Waals surface area contributed by atoms with Crippen molar-refractivity contribution in [1.29, 1.82) is 0 Å². The van der Waals surface area contributed by atoms with Crippen LogP contribution in [-0.4, -0.2) is 64.8 Å². The highest BCUT2D eigenvalue weighted by Crippen LogP contribution is 2.43. The lowest BCUT2D eigenvalue weighted by atomic mass is 9.92. The number of halogens is 8. The van der Waals surface area contributed by atoms with Gasteiger partial charge in [0.25, 0.3) is 0 Å². The Morgan fingerprint density at radius 3 is 2.48 bits per heavy atom. The van der Waals surface area contributed by atoms with Crippen LogP contribution in [0.3, 0.4) is 0 Å². The van der Waals surface area contributed by atoms with Gasteiger partial charge in [-0.3, -0.25) is 4.68 Å². The molecule has 224 valence electrons. The van der Waals surface area contributed by atoms with Crippen molar-refractivity contribution in [3.63, 3.8) is 0 Å². The Kier molecular flexibility index (Phi) is 8.39. The van der Waals surface area contributed by atoms with Crippen molar-refractivity contribution in [3.05, 3.63) is 80.0 Å². The molecule has 0 unspecified atom stereocenters. The quantitative estimate of drug-likeness (QED) is 0.194. The maximum atomic E-state index is 14.6. The van der Waals surface area contributed by atoms with E-state index in [4.69, 9.17) is 27.9 Å². The molecule has 0 bridgehead atoms. The molecule has 2 aromatic heterocycles. The molecular formula is C25H19BrCl2F5N5O4. The fraction of sp³-hybridized carbons (Fsp3) is 0.320. The first-order chi connectivity index (χ1) is 19.7. The molecule has 1 aliphatic heterocycles. The smallest absolute Gasteiger partial charge is 0.394 e. The van der Waals surface area contributed by atoms with Crippen molar-refractivity contribution >= 4 is 39.1 Å². The molecule has 3 N–H and O–H groups in total. The summed E-state index contributed by atoms with van der Waals surface area (Å²) in [4.78, 5) is 4.19. The molecule has 0 spiro atoms. The zero-order chi connectivity index (χ0) is 30.7. The van der Waals surface area contributed by atoms with E-state index < -0.39 is 71.1 Å². The van der Waals surface area contributed by atoms with Crippen molar-refractivity contribution in [3.8, 4) is 16.8 Å². The molecule has 0 aliphatic carbocycles. The Balaban J connectivity index is 1.60. The molecule has 3 heterocycles. The molecule has 0 amide bonds. The summed E-state index contributed by atoms with van der Waals surface area (Å²) in [6, 6.07) is 3.03. The standard InChI is InChI=1S/C25H19BrCl2F5N5O4/c1-9-35-24(38(36-9)15-5-11(27)4-13(26)17(15)25(31,32)33)23-22(41)20(21(40)16(8-39)42-23)37-7-10(6-34-37)12-2-3-14(28)19(30)18(12)29/h2-7,16,20-23,39-41H,8H2,1H3/t16-,20+,21+,22-,23-/m1/s1. The summed E-state index contributed by atoms with van der Waals surface area (Å²) >= 11 is 14.6. The van der Waals surface area contributed by atoms with Crippen LogP contribution in [-0.2, 0) is 10.9 Å². The summed E-state index contributed by atoms with van der Waals surface area (Å²) in [5.74, 6) is -2.82. The van der Waals surface area contributed by atoms with Gasteiger partial charge in [0.15, 0.2) is 17.5 Å². The number of aliphatic hydroxyl groups is 3. The average molecular weight is 699 g/mol. The molecule has 0 saturated carbocycles. The third-order valence-corrected chi connectivity index (χ3v) is 7.82. The summed E-state index contributed by atoms with van der Waals surface area (Å²) in [7, 11) is 0. The number of aryl methyl sites for hydroxylation is 1. The Labute approximate surface area is 252 Å². The average Bonchev–Trinajstić information content (AvgIpc) is 3.53. The molecule has 5 rings (SSSR count). The predicted octanol–water partition coefficient (Wildman–Crippen LogP) is 5.20. The number of hydrogen-bond acceptors (Lipinski definition) is 7.